The molecule has 6 heteroatoms. The summed E-state index contributed by atoms with van der Waals surface area (Å²) in [4.78, 5) is 22.9. The zero-order valence-corrected chi connectivity index (χ0v) is 19.2. The highest BCUT2D eigenvalue weighted by Gasteiger charge is 2.15. The largest absolute Gasteiger partial charge is 0.466 e. The number of carbonyl (C=O) groups excluding carboxylic acids is 2. The average Bonchev–Trinajstić information content (AvgIpc) is 3.19. The molecule has 0 aromatic carbocycles. The van der Waals surface area contributed by atoms with Crippen LogP contribution in [0.5, 0.6) is 0 Å². The molecule has 1 fully saturated rings. The Balaban J connectivity index is 1.75. The van der Waals surface area contributed by atoms with E-state index in [1.165, 1.54) is 44.3 Å². The predicted molar refractivity (Wildman–Crippen MR) is 121 cm³/mol. The van der Waals surface area contributed by atoms with Gasteiger partial charge in [0.15, 0.2) is 0 Å². The molecule has 0 bridgehead atoms. The zero-order valence-electron chi connectivity index (χ0n) is 17.5. The number of rotatable bonds is 17. The first-order chi connectivity index (χ1) is 13.6. The Labute approximate surface area is 179 Å². The van der Waals surface area contributed by atoms with Gasteiger partial charge in [-0.3, -0.25) is 4.79 Å². The van der Waals surface area contributed by atoms with Crippen molar-refractivity contribution in [1.82, 2.24) is 0 Å². The lowest BCUT2D eigenvalue weighted by atomic mass is 10.1. The van der Waals surface area contributed by atoms with Crippen molar-refractivity contribution >= 4 is 33.5 Å². The van der Waals surface area contributed by atoms with E-state index in [0.29, 0.717) is 25.2 Å². The Morgan fingerprint density at radius 3 is 2.07 bits per heavy atom. The third-order valence-corrected chi connectivity index (χ3v) is 7.77. The Hall–Kier alpha value is -0.620. The van der Waals surface area contributed by atoms with Gasteiger partial charge in [-0.25, -0.2) is 4.79 Å². The first-order valence-electron chi connectivity index (χ1n) is 10.9. The maximum atomic E-state index is 11.7. The molecule has 1 atom stereocenters. The van der Waals surface area contributed by atoms with E-state index in [4.69, 9.17) is 9.47 Å². The van der Waals surface area contributed by atoms with Gasteiger partial charge in [-0.1, -0.05) is 73.1 Å². The monoisotopic (exact) mass is 430 g/mol. The Morgan fingerprint density at radius 1 is 0.893 bits per heavy atom. The molecule has 162 valence electrons. The molecule has 0 aromatic rings. The summed E-state index contributed by atoms with van der Waals surface area (Å²) in [6, 6.07) is 0. The first-order valence-corrected chi connectivity index (χ1v) is 13.2. The maximum absolute atomic E-state index is 11.7. The summed E-state index contributed by atoms with van der Waals surface area (Å²) in [6.07, 6.45) is 14.2. The Kier molecular flexibility index (Phi) is 15.7. The molecule has 1 heterocycles. The van der Waals surface area contributed by atoms with Crippen molar-refractivity contribution in [2.24, 2.45) is 0 Å². The topological polar surface area (TPSA) is 52.6 Å². The predicted octanol–water partition coefficient (Wildman–Crippen LogP) is 6.48. The standard InChI is InChI=1S/C22H38O4S2/c1-19(2)22(24)26-17-12-8-6-4-3-5-7-11-16-25-21(23)14-10-9-13-20-15-18-27-28-20/h20H,1,3-18H2,2H3. The smallest absolute Gasteiger partial charge is 0.333 e. The van der Waals surface area contributed by atoms with E-state index in [1.807, 2.05) is 21.6 Å². The van der Waals surface area contributed by atoms with E-state index in [0.717, 1.165) is 43.8 Å². The fraction of sp³-hybridized carbons (Fsp3) is 0.818. The van der Waals surface area contributed by atoms with Gasteiger partial charge in [-0.05, 0) is 39.0 Å². The zero-order chi connectivity index (χ0) is 20.5. The van der Waals surface area contributed by atoms with Gasteiger partial charge in [0, 0.05) is 23.0 Å². The minimum atomic E-state index is -0.289. The minimum Gasteiger partial charge on any atom is -0.466 e. The van der Waals surface area contributed by atoms with Crippen LogP contribution in [0, 0.1) is 0 Å². The molecular weight excluding hydrogens is 392 g/mol. The van der Waals surface area contributed by atoms with Crippen LogP contribution in [-0.2, 0) is 19.1 Å². The number of unbranched alkanes of at least 4 members (excludes halogenated alkanes) is 8. The molecule has 0 saturated carbocycles. The molecule has 0 aliphatic carbocycles. The summed E-state index contributed by atoms with van der Waals surface area (Å²) < 4.78 is 10.4. The van der Waals surface area contributed by atoms with Crippen molar-refractivity contribution in [3.8, 4) is 0 Å². The summed E-state index contributed by atoms with van der Waals surface area (Å²) in [5.74, 6) is 0.966. The van der Waals surface area contributed by atoms with Crippen LogP contribution in [0.25, 0.3) is 0 Å². The summed E-state index contributed by atoms with van der Waals surface area (Å²) in [6.45, 7) is 6.29. The number of ether oxygens (including phenoxy) is 2. The van der Waals surface area contributed by atoms with E-state index in [9.17, 15) is 9.59 Å². The van der Waals surface area contributed by atoms with Crippen molar-refractivity contribution in [2.45, 2.75) is 95.6 Å². The van der Waals surface area contributed by atoms with Crippen molar-refractivity contribution < 1.29 is 19.1 Å². The molecule has 0 N–H and O–H groups in total. The summed E-state index contributed by atoms with van der Waals surface area (Å²) in [5.41, 5.74) is 0.462. The van der Waals surface area contributed by atoms with Crippen molar-refractivity contribution in [3.63, 3.8) is 0 Å². The third-order valence-electron chi connectivity index (χ3n) is 4.77. The van der Waals surface area contributed by atoms with Crippen molar-refractivity contribution in [3.05, 3.63) is 12.2 Å². The van der Waals surface area contributed by atoms with E-state index >= 15 is 0 Å². The lowest BCUT2D eigenvalue weighted by Gasteiger charge is -2.07. The van der Waals surface area contributed by atoms with Crippen LogP contribution >= 0.6 is 21.6 Å². The van der Waals surface area contributed by atoms with Gasteiger partial charge < -0.3 is 9.47 Å². The molecule has 1 saturated heterocycles. The highest BCUT2D eigenvalue weighted by atomic mass is 33.1. The average molecular weight is 431 g/mol. The fourth-order valence-corrected chi connectivity index (χ4v) is 6.04. The number of hydrogen-bond acceptors (Lipinski definition) is 6. The van der Waals surface area contributed by atoms with Gasteiger partial charge in [0.2, 0.25) is 0 Å². The SMILES string of the molecule is C=C(C)C(=O)OCCCCCCCCCCOC(=O)CCCCC1CCSS1. The third kappa shape index (κ3) is 14.4. The van der Waals surface area contributed by atoms with Crippen LogP contribution in [-0.4, -0.2) is 36.2 Å². The van der Waals surface area contributed by atoms with E-state index in [2.05, 4.69) is 6.58 Å². The van der Waals surface area contributed by atoms with Crippen molar-refractivity contribution in [1.29, 1.82) is 0 Å². The number of hydrogen-bond donors (Lipinski definition) is 0. The van der Waals surface area contributed by atoms with Crippen LogP contribution < -0.4 is 0 Å². The lowest BCUT2D eigenvalue weighted by Crippen LogP contribution is -2.06. The summed E-state index contributed by atoms with van der Waals surface area (Å²) >= 11 is 0. The molecule has 1 aliphatic heterocycles. The second-order valence-corrected chi connectivity index (χ2v) is 10.3. The molecule has 0 spiro atoms. The lowest BCUT2D eigenvalue weighted by molar-refractivity contribution is -0.144. The van der Waals surface area contributed by atoms with Crippen LogP contribution in [0.1, 0.15) is 90.4 Å². The van der Waals surface area contributed by atoms with Gasteiger partial charge in [0.05, 0.1) is 13.2 Å². The highest BCUT2D eigenvalue weighted by molar-refractivity contribution is 8.77. The minimum absolute atomic E-state index is 0.0270. The maximum Gasteiger partial charge on any atom is 0.333 e. The van der Waals surface area contributed by atoms with Crippen LogP contribution in [0.2, 0.25) is 0 Å². The van der Waals surface area contributed by atoms with Gasteiger partial charge in [0.1, 0.15) is 0 Å². The van der Waals surface area contributed by atoms with Crippen LogP contribution in [0.4, 0.5) is 0 Å². The van der Waals surface area contributed by atoms with Gasteiger partial charge in [0.25, 0.3) is 0 Å². The Bertz CT molecular complexity index is 448. The fourth-order valence-electron chi connectivity index (χ4n) is 3.02. The molecule has 0 radical (unpaired) electrons. The molecule has 1 unspecified atom stereocenters. The summed E-state index contributed by atoms with van der Waals surface area (Å²) in [5, 5.41) is 0.806. The normalized spacial score (nSPS) is 16.1. The van der Waals surface area contributed by atoms with Crippen molar-refractivity contribution in [2.75, 3.05) is 19.0 Å². The summed E-state index contributed by atoms with van der Waals surface area (Å²) in [7, 11) is 3.99. The number of carbonyl (C=O) groups is 2. The van der Waals surface area contributed by atoms with E-state index in [1.54, 1.807) is 6.92 Å². The van der Waals surface area contributed by atoms with Crippen LogP contribution in [0.3, 0.4) is 0 Å². The molecule has 4 nitrogen and oxygen atoms in total. The van der Waals surface area contributed by atoms with E-state index in [-0.39, 0.29) is 11.9 Å². The molecule has 0 aromatic heterocycles. The highest BCUT2D eigenvalue weighted by Crippen LogP contribution is 2.39. The molecule has 1 aliphatic rings. The first kappa shape index (κ1) is 25.4. The molecule has 0 amide bonds. The van der Waals surface area contributed by atoms with E-state index < -0.39 is 0 Å². The quantitative estimate of drug-likeness (QED) is 0.114. The molecule has 28 heavy (non-hydrogen) atoms. The van der Waals surface area contributed by atoms with Crippen LogP contribution in [0.15, 0.2) is 12.2 Å². The number of esters is 2. The van der Waals surface area contributed by atoms with Gasteiger partial charge in [-0.15, -0.1) is 0 Å². The Morgan fingerprint density at radius 2 is 1.50 bits per heavy atom. The second kappa shape index (κ2) is 17.3. The van der Waals surface area contributed by atoms with Gasteiger partial charge in [-0.2, -0.15) is 0 Å². The van der Waals surface area contributed by atoms with Gasteiger partial charge >= 0.3 is 11.9 Å². The molecular formula is C22H38O4S2. The second-order valence-electron chi connectivity index (χ2n) is 7.54. The molecule has 1 rings (SSSR count).